The molecule has 0 amide bonds. The van der Waals surface area contributed by atoms with Crippen molar-refractivity contribution in [3.05, 3.63) is 47.3 Å². The molecule has 1 nitrogen and oxygen atoms in total. The van der Waals surface area contributed by atoms with E-state index >= 15 is 0 Å². The van der Waals surface area contributed by atoms with Crippen molar-refractivity contribution in [3.8, 4) is 0 Å². The van der Waals surface area contributed by atoms with Gasteiger partial charge in [0, 0.05) is 17.6 Å². The lowest BCUT2D eigenvalue weighted by Gasteiger charge is -2.16. The molecule has 0 radical (unpaired) electrons. The van der Waals surface area contributed by atoms with Crippen LogP contribution in [0.25, 0.3) is 0 Å². The van der Waals surface area contributed by atoms with Gasteiger partial charge in [0.25, 0.3) is 0 Å². The van der Waals surface area contributed by atoms with Crippen molar-refractivity contribution in [2.24, 2.45) is 0 Å². The molecule has 1 N–H and O–H groups in total. The molecule has 3 heteroatoms. The predicted molar refractivity (Wildman–Crippen MR) is 62.4 cm³/mol. The van der Waals surface area contributed by atoms with Crippen LogP contribution in [0.2, 0.25) is 0 Å². The van der Waals surface area contributed by atoms with Gasteiger partial charge in [-0.25, -0.2) is 4.39 Å². The van der Waals surface area contributed by atoms with Crippen molar-refractivity contribution in [1.82, 2.24) is 5.32 Å². The third-order valence-electron chi connectivity index (χ3n) is 2.20. The van der Waals surface area contributed by atoms with Crippen LogP contribution < -0.4 is 5.32 Å². The van der Waals surface area contributed by atoms with Gasteiger partial charge in [0.1, 0.15) is 5.82 Å². The smallest absolute Gasteiger partial charge is 0.123 e. The fourth-order valence-electron chi connectivity index (χ4n) is 1.46. The van der Waals surface area contributed by atoms with Crippen LogP contribution in [0.1, 0.15) is 24.9 Å². The van der Waals surface area contributed by atoms with Gasteiger partial charge < -0.3 is 5.32 Å². The molecule has 1 aromatic rings. The summed E-state index contributed by atoms with van der Waals surface area (Å²) in [6.45, 7) is 6.18. The van der Waals surface area contributed by atoms with Crippen molar-refractivity contribution in [2.75, 3.05) is 6.54 Å². The molecule has 15 heavy (non-hydrogen) atoms. The summed E-state index contributed by atoms with van der Waals surface area (Å²) in [5.41, 5.74) is 0.940. The van der Waals surface area contributed by atoms with Crippen LogP contribution in [-0.4, -0.2) is 6.54 Å². The SMILES string of the molecule is C=C(Cl)CNC(CC)c1cccc(F)c1. The summed E-state index contributed by atoms with van der Waals surface area (Å²) in [7, 11) is 0. The topological polar surface area (TPSA) is 12.0 Å². The van der Waals surface area contributed by atoms with Crippen LogP contribution >= 0.6 is 11.6 Å². The van der Waals surface area contributed by atoms with Gasteiger partial charge in [-0.1, -0.05) is 37.2 Å². The number of halogens is 2. The van der Waals surface area contributed by atoms with Crippen molar-refractivity contribution in [2.45, 2.75) is 19.4 Å². The van der Waals surface area contributed by atoms with Gasteiger partial charge in [-0.3, -0.25) is 0 Å². The molecule has 0 bridgehead atoms. The molecular formula is C12H15ClFN. The Morgan fingerprint density at radius 2 is 2.33 bits per heavy atom. The fraction of sp³-hybridized carbons (Fsp3) is 0.333. The number of hydrogen-bond acceptors (Lipinski definition) is 1. The zero-order valence-corrected chi connectivity index (χ0v) is 9.52. The first kappa shape index (κ1) is 12.2. The average Bonchev–Trinajstić information content (AvgIpc) is 2.18. The molecule has 0 aromatic heterocycles. The normalized spacial score (nSPS) is 12.5. The van der Waals surface area contributed by atoms with E-state index in [1.807, 2.05) is 13.0 Å². The maximum atomic E-state index is 13.0. The van der Waals surface area contributed by atoms with Gasteiger partial charge in [0.05, 0.1) is 0 Å². The lowest BCUT2D eigenvalue weighted by Crippen LogP contribution is -2.21. The summed E-state index contributed by atoms with van der Waals surface area (Å²) in [4.78, 5) is 0. The quantitative estimate of drug-likeness (QED) is 0.810. The summed E-state index contributed by atoms with van der Waals surface area (Å²) in [6, 6.07) is 6.72. The summed E-state index contributed by atoms with van der Waals surface area (Å²) >= 11 is 5.67. The Labute approximate surface area is 95.0 Å². The maximum Gasteiger partial charge on any atom is 0.123 e. The molecule has 1 rings (SSSR count). The molecule has 0 heterocycles. The Bertz CT molecular complexity index is 338. The standard InChI is InChI=1S/C12H15ClFN/c1-3-12(15-8-9(2)13)10-5-4-6-11(14)7-10/h4-7,12,15H,2-3,8H2,1H3. The molecule has 0 aliphatic heterocycles. The monoisotopic (exact) mass is 227 g/mol. The number of hydrogen-bond donors (Lipinski definition) is 1. The molecule has 0 aliphatic rings. The predicted octanol–water partition coefficient (Wildman–Crippen LogP) is 3.62. The molecule has 0 saturated carbocycles. The van der Waals surface area contributed by atoms with E-state index < -0.39 is 0 Å². The number of nitrogens with one attached hydrogen (secondary N) is 1. The van der Waals surface area contributed by atoms with Gasteiger partial charge in [-0.05, 0) is 24.1 Å². The Balaban J connectivity index is 2.69. The maximum absolute atomic E-state index is 13.0. The van der Waals surface area contributed by atoms with Gasteiger partial charge in [-0.15, -0.1) is 0 Å². The van der Waals surface area contributed by atoms with Gasteiger partial charge >= 0.3 is 0 Å². The molecule has 0 spiro atoms. The van der Waals surface area contributed by atoms with E-state index in [0.29, 0.717) is 11.6 Å². The van der Waals surface area contributed by atoms with E-state index in [0.717, 1.165) is 12.0 Å². The van der Waals surface area contributed by atoms with Crippen LogP contribution in [0.15, 0.2) is 35.9 Å². The summed E-state index contributed by atoms with van der Waals surface area (Å²) in [6.07, 6.45) is 0.883. The minimum absolute atomic E-state index is 0.121. The average molecular weight is 228 g/mol. The minimum Gasteiger partial charge on any atom is -0.305 e. The number of rotatable bonds is 5. The first-order valence-electron chi connectivity index (χ1n) is 4.95. The summed E-state index contributed by atoms with van der Waals surface area (Å²) in [5, 5.41) is 3.77. The van der Waals surface area contributed by atoms with Crippen molar-refractivity contribution >= 4 is 11.6 Å². The Morgan fingerprint density at radius 1 is 1.60 bits per heavy atom. The van der Waals surface area contributed by atoms with Crippen molar-refractivity contribution < 1.29 is 4.39 Å². The highest BCUT2D eigenvalue weighted by Crippen LogP contribution is 2.17. The first-order valence-corrected chi connectivity index (χ1v) is 5.33. The van der Waals surface area contributed by atoms with E-state index in [1.54, 1.807) is 6.07 Å². The van der Waals surface area contributed by atoms with E-state index in [4.69, 9.17) is 11.6 Å². The highest BCUT2D eigenvalue weighted by Gasteiger charge is 2.08. The third kappa shape index (κ3) is 4.02. The van der Waals surface area contributed by atoms with Gasteiger partial charge in [0.15, 0.2) is 0 Å². The minimum atomic E-state index is -0.211. The third-order valence-corrected chi connectivity index (χ3v) is 2.33. The second-order valence-corrected chi connectivity index (χ2v) is 3.95. The highest BCUT2D eigenvalue weighted by atomic mass is 35.5. The van der Waals surface area contributed by atoms with E-state index in [9.17, 15) is 4.39 Å². The zero-order valence-electron chi connectivity index (χ0n) is 8.76. The van der Waals surface area contributed by atoms with E-state index in [1.165, 1.54) is 12.1 Å². The Morgan fingerprint density at radius 3 is 2.87 bits per heavy atom. The highest BCUT2D eigenvalue weighted by molar-refractivity contribution is 6.29. The van der Waals surface area contributed by atoms with Gasteiger partial charge in [-0.2, -0.15) is 0 Å². The van der Waals surface area contributed by atoms with Crippen LogP contribution in [0.4, 0.5) is 4.39 Å². The molecule has 82 valence electrons. The van der Waals surface area contributed by atoms with Crippen LogP contribution in [-0.2, 0) is 0 Å². The molecule has 0 aliphatic carbocycles. The lowest BCUT2D eigenvalue weighted by molar-refractivity contribution is 0.542. The second kappa shape index (κ2) is 5.89. The summed E-state index contributed by atoms with van der Waals surface area (Å²) < 4.78 is 13.0. The van der Waals surface area contributed by atoms with Crippen LogP contribution in [0.3, 0.4) is 0 Å². The summed E-state index contributed by atoms with van der Waals surface area (Å²) in [5.74, 6) is -0.211. The molecule has 0 fully saturated rings. The number of benzene rings is 1. The Kier molecular flexibility index (Phi) is 4.79. The van der Waals surface area contributed by atoms with Crippen molar-refractivity contribution in [1.29, 1.82) is 0 Å². The molecule has 1 atom stereocenters. The molecule has 1 unspecified atom stereocenters. The van der Waals surface area contributed by atoms with E-state index in [-0.39, 0.29) is 11.9 Å². The van der Waals surface area contributed by atoms with Crippen LogP contribution in [0, 0.1) is 5.82 Å². The molecular weight excluding hydrogens is 213 g/mol. The van der Waals surface area contributed by atoms with Crippen molar-refractivity contribution in [3.63, 3.8) is 0 Å². The first-order chi connectivity index (χ1) is 7.13. The molecule has 0 saturated heterocycles. The van der Waals surface area contributed by atoms with E-state index in [2.05, 4.69) is 11.9 Å². The lowest BCUT2D eigenvalue weighted by atomic mass is 10.0. The fourth-order valence-corrected chi connectivity index (χ4v) is 1.53. The van der Waals surface area contributed by atoms with Crippen LogP contribution in [0.5, 0.6) is 0 Å². The Hall–Kier alpha value is -0.860. The largest absolute Gasteiger partial charge is 0.305 e. The van der Waals surface area contributed by atoms with Gasteiger partial charge in [0.2, 0.25) is 0 Å². The second-order valence-electron chi connectivity index (χ2n) is 3.41. The molecule has 1 aromatic carbocycles. The zero-order chi connectivity index (χ0) is 11.3.